The van der Waals surface area contributed by atoms with Crippen molar-refractivity contribution in [3.05, 3.63) is 59.4 Å². The minimum Gasteiger partial charge on any atom is -0.460 e. The lowest BCUT2D eigenvalue weighted by Crippen LogP contribution is -2.20. The van der Waals surface area contributed by atoms with Crippen LogP contribution in [-0.2, 0) is 33.6 Å². The molecule has 0 spiro atoms. The second-order valence-corrected chi connectivity index (χ2v) is 4.95. The Hall–Kier alpha value is -2.63. The summed E-state index contributed by atoms with van der Waals surface area (Å²) in [6.07, 6.45) is 2.59. The Morgan fingerprint density at radius 2 is 1.78 bits per heavy atom. The van der Waals surface area contributed by atoms with Gasteiger partial charge in [-0.2, -0.15) is 0 Å². The highest BCUT2D eigenvalue weighted by atomic mass is 19.1. The number of Topliss-reactive ketones (excluding diaryl/α,β-unsaturated/α-hetero) is 1. The second kappa shape index (κ2) is 8.12. The lowest BCUT2D eigenvalue weighted by molar-refractivity contribution is -0.153. The molecule has 0 atom stereocenters. The van der Waals surface area contributed by atoms with E-state index < -0.39 is 11.8 Å². The lowest BCUT2D eigenvalue weighted by atomic mass is 10.1. The fraction of sp³-hybridized carbons (Fsp3) is 0.294. The minimum atomic E-state index is -0.848. The zero-order valence-corrected chi connectivity index (χ0v) is 12.8. The number of hydrogen-bond donors (Lipinski definition) is 0. The van der Waals surface area contributed by atoms with Gasteiger partial charge < -0.3 is 4.74 Å². The van der Waals surface area contributed by atoms with E-state index in [0.717, 1.165) is 11.3 Å². The van der Waals surface area contributed by atoms with Gasteiger partial charge in [0.1, 0.15) is 12.1 Å². The largest absolute Gasteiger partial charge is 0.460 e. The maximum absolute atomic E-state index is 12.9. The summed E-state index contributed by atoms with van der Waals surface area (Å²) in [5.41, 5.74) is 2.23. The SMILES string of the molecule is CCOC(=O)C(=O)Cc1cc(CCc2ccc(F)cc2)ncn1. The van der Waals surface area contributed by atoms with Crippen LogP contribution in [0, 0.1) is 5.82 Å². The maximum atomic E-state index is 12.9. The number of hydrogen-bond acceptors (Lipinski definition) is 5. The molecule has 1 aromatic heterocycles. The van der Waals surface area contributed by atoms with Crippen LogP contribution in [-0.4, -0.2) is 28.3 Å². The number of halogens is 1. The fourth-order valence-corrected chi connectivity index (χ4v) is 2.05. The number of ketones is 1. The van der Waals surface area contributed by atoms with Crippen molar-refractivity contribution in [3.63, 3.8) is 0 Å². The Kier molecular flexibility index (Phi) is 5.91. The van der Waals surface area contributed by atoms with Gasteiger partial charge in [-0.1, -0.05) is 12.1 Å². The molecule has 6 heteroatoms. The molecular formula is C17H17FN2O3. The Labute approximate surface area is 133 Å². The van der Waals surface area contributed by atoms with E-state index in [0.29, 0.717) is 18.5 Å². The molecule has 0 N–H and O–H groups in total. The van der Waals surface area contributed by atoms with E-state index in [1.54, 1.807) is 25.1 Å². The van der Waals surface area contributed by atoms with Gasteiger partial charge in [-0.25, -0.2) is 19.2 Å². The molecule has 0 fully saturated rings. The lowest BCUT2D eigenvalue weighted by Gasteiger charge is -2.04. The van der Waals surface area contributed by atoms with Crippen molar-refractivity contribution in [1.82, 2.24) is 9.97 Å². The van der Waals surface area contributed by atoms with E-state index in [1.807, 2.05) is 0 Å². The number of carbonyl (C=O) groups excluding carboxylic acids is 2. The summed E-state index contributed by atoms with van der Waals surface area (Å²) in [4.78, 5) is 31.1. The first-order valence-electron chi connectivity index (χ1n) is 7.32. The Morgan fingerprint density at radius 3 is 2.48 bits per heavy atom. The molecule has 120 valence electrons. The fourth-order valence-electron chi connectivity index (χ4n) is 2.05. The van der Waals surface area contributed by atoms with Gasteiger partial charge in [0.05, 0.1) is 18.7 Å². The number of rotatable bonds is 7. The quantitative estimate of drug-likeness (QED) is 0.578. The molecule has 0 bridgehead atoms. The third kappa shape index (κ3) is 5.25. The first-order valence-corrected chi connectivity index (χ1v) is 7.32. The van der Waals surface area contributed by atoms with E-state index in [-0.39, 0.29) is 18.8 Å². The highest BCUT2D eigenvalue weighted by molar-refractivity contribution is 6.34. The third-order valence-electron chi connectivity index (χ3n) is 3.21. The summed E-state index contributed by atoms with van der Waals surface area (Å²) in [5, 5.41) is 0. The van der Waals surface area contributed by atoms with Crippen LogP contribution < -0.4 is 0 Å². The molecular weight excluding hydrogens is 299 g/mol. The van der Waals surface area contributed by atoms with Crippen molar-refractivity contribution in [2.75, 3.05) is 6.61 Å². The molecule has 2 rings (SSSR count). The third-order valence-corrected chi connectivity index (χ3v) is 3.21. The highest BCUT2D eigenvalue weighted by Crippen LogP contribution is 2.08. The van der Waals surface area contributed by atoms with Gasteiger partial charge in [-0.3, -0.25) is 4.79 Å². The average molecular weight is 316 g/mol. The summed E-state index contributed by atoms with van der Waals surface area (Å²) in [6, 6.07) is 7.97. The van der Waals surface area contributed by atoms with Crippen molar-refractivity contribution in [2.45, 2.75) is 26.2 Å². The average Bonchev–Trinajstić information content (AvgIpc) is 2.55. The van der Waals surface area contributed by atoms with Crippen LogP contribution in [0.5, 0.6) is 0 Å². The Bertz CT molecular complexity index is 686. The standard InChI is InChI=1S/C17H17FN2O3/c1-2-23-17(22)16(21)10-15-9-14(19-11-20-15)8-5-12-3-6-13(18)7-4-12/h3-4,6-7,9,11H,2,5,8,10H2,1H3. The molecule has 23 heavy (non-hydrogen) atoms. The Balaban J connectivity index is 1.95. The number of carbonyl (C=O) groups is 2. The van der Waals surface area contributed by atoms with Gasteiger partial charge in [0.25, 0.3) is 0 Å². The van der Waals surface area contributed by atoms with Crippen molar-refractivity contribution in [3.8, 4) is 0 Å². The van der Waals surface area contributed by atoms with Crippen molar-refractivity contribution < 1.29 is 18.7 Å². The van der Waals surface area contributed by atoms with E-state index in [1.165, 1.54) is 18.5 Å². The van der Waals surface area contributed by atoms with Gasteiger partial charge in [0.2, 0.25) is 5.78 Å². The molecule has 1 aromatic carbocycles. The van der Waals surface area contributed by atoms with Gasteiger partial charge in [-0.05, 0) is 43.5 Å². The summed E-state index contributed by atoms with van der Waals surface area (Å²) >= 11 is 0. The molecule has 0 radical (unpaired) electrons. The van der Waals surface area contributed by atoms with E-state index in [4.69, 9.17) is 0 Å². The van der Waals surface area contributed by atoms with E-state index in [9.17, 15) is 14.0 Å². The van der Waals surface area contributed by atoms with Crippen LogP contribution >= 0.6 is 0 Å². The van der Waals surface area contributed by atoms with Crippen LogP contribution in [0.25, 0.3) is 0 Å². The number of aromatic nitrogens is 2. The zero-order chi connectivity index (χ0) is 16.7. The Morgan fingerprint density at radius 1 is 1.09 bits per heavy atom. The van der Waals surface area contributed by atoms with Gasteiger partial charge in [-0.15, -0.1) is 0 Å². The minimum absolute atomic E-state index is 0.106. The number of ether oxygens (including phenoxy) is 1. The first-order chi connectivity index (χ1) is 11.1. The zero-order valence-electron chi connectivity index (χ0n) is 12.8. The topological polar surface area (TPSA) is 69.2 Å². The van der Waals surface area contributed by atoms with E-state index in [2.05, 4.69) is 14.7 Å². The molecule has 2 aromatic rings. The van der Waals surface area contributed by atoms with Crippen LogP contribution in [0.1, 0.15) is 23.9 Å². The summed E-state index contributed by atoms with van der Waals surface area (Å²) in [6.45, 7) is 1.81. The summed E-state index contributed by atoms with van der Waals surface area (Å²) in [5.74, 6) is -1.75. The molecule has 0 aliphatic rings. The maximum Gasteiger partial charge on any atom is 0.375 e. The van der Waals surface area contributed by atoms with Crippen molar-refractivity contribution >= 4 is 11.8 Å². The number of nitrogens with zero attached hydrogens (tertiary/aromatic N) is 2. The molecule has 0 aliphatic carbocycles. The monoisotopic (exact) mass is 316 g/mol. The molecule has 0 amide bonds. The smallest absolute Gasteiger partial charge is 0.375 e. The molecule has 1 heterocycles. The number of benzene rings is 1. The number of esters is 1. The van der Waals surface area contributed by atoms with Crippen LogP contribution in [0.2, 0.25) is 0 Å². The summed E-state index contributed by atoms with van der Waals surface area (Å²) in [7, 11) is 0. The molecule has 0 saturated carbocycles. The molecule has 0 unspecified atom stereocenters. The second-order valence-electron chi connectivity index (χ2n) is 4.95. The molecule has 0 saturated heterocycles. The normalized spacial score (nSPS) is 10.3. The first kappa shape index (κ1) is 16.7. The predicted octanol–water partition coefficient (Wildman–Crippen LogP) is 2.08. The van der Waals surface area contributed by atoms with Crippen LogP contribution in [0.15, 0.2) is 36.7 Å². The highest BCUT2D eigenvalue weighted by Gasteiger charge is 2.16. The van der Waals surface area contributed by atoms with Crippen molar-refractivity contribution in [1.29, 1.82) is 0 Å². The van der Waals surface area contributed by atoms with Crippen LogP contribution in [0.4, 0.5) is 4.39 Å². The number of aryl methyl sites for hydroxylation is 2. The van der Waals surface area contributed by atoms with Crippen molar-refractivity contribution in [2.24, 2.45) is 0 Å². The summed E-state index contributed by atoms with van der Waals surface area (Å²) < 4.78 is 17.5. The molecule has 0 aliphatic heterocycles. The van der Waals surface area contributed by atoms with Gasteiger partial charge in [0.15, 0.2) is 0 Å². The van der Waals surface area contributed by atoms with Gasteiger partial charge in [0, 0.05) is 5.69 Å². The molecule has 5 nitrogen and oxygen atoms in total. The predicted molar refractivity (Wildman–Crippen MR) is 81.2 cm³/mol. The van der Waals surface area contributed by atoms with Gasteiger partial charge >= 0.3 is 5.97 Å². The van der Waals surface area contributed by atoms with E-state index >= 15 is 0 Å². The van der Waals surface area contributed by atoms with Crippen LogP contribution in [0.3, 0.4) is 0 Å².